The zero-order valence-corrected chi connectivity index (χ0v) is 12.0. The van der Waals surface area contributed by atoms with Gasteiger partial charge < -0.3 is 10.3 Å². The van der Waals surface area contributed by atoms with E-state index in [1.165, 1.54) is 5.56 Å². The number of hydrogen-bond donors (Lipinski definition) is 1. The van der Waals surface area contributed by atoms with E-state index in [0.29, 0.717) is 23.3 Å². The van der Waals surface area contributed by atoms with Gasteiger partial charge in [-0.15, -0.1) is 0 Å². The van der Waals surface area contributed by atoms with Crippen molar-refractivity contribution in [3.05, 3.63) is 59.1 Å². The van der Waals surface area contributed by atoms with Gasteiger partial charge >= 0.3 is 0 Å². The molecule has 21 heavy (non-hydrogen) atoms. The van der Waals surface area contributed by atoms with Crippen molar-refractivity contribution in [3.63, 3.8) is 0 Å². The van der Waals surface area contributed by atoms with Crippen LogP contribution in [0.5, 0.6) is 0 Å². The third-order valence-electron chi connectivity index (χ3n) is 3.14. The summed E-state index contributed by atoms with van der Waals surface area (Å²) in [6.07, 6.45) is 0.859. The van der Waals surface area contributed by atoms with Gasteiger partial charge in [0.1, 0.15) is 0 Å². The van der Waals surface area contributed by atoms with Crippen LogP contribution in [0.25, 0.3) is 22.8 Å². The highest BCUT2D eigenvalue weighted by Crippen LogP contribution is 2.24. The van der Waals surface area contributed by atoms with Crippen molar-refractivity contribution >= 4 is 11.6 Å². The normalized spacial score (nSPS) is 10.8. The minimum Gasteiger partial charge on any atom is -0.334 e. The van der Waals surface area contributed by atoms with E-state index in [1.54, 1.807) is 6.07 Å². The molecule has 0 aliphatic rings. The molecule has 5 heteroatoms. The predicted molar refractivity (Wildman–Crippen MR) is 82.9 cm³/mol. The maximum Gasteiger partial charge on any atom is 0.258 e. The summed E-state index contributed by atoms with van der Waals surface area (Å²) in [6.45, 7) is 0.638. The summed E-state index contributed by atoms with van der Waals surface area (Å²) in [5, 5.41) is 4.64. The van der Waals surface area contributed by atoms with Crippen molar-refractivity contribution in [2.75, 3.05) is 6.54 Å². The lowest BCUT2D eigenvalue weighted by Crippen LogP contribution is -2.02. The number of aromatic nitrogens is 2. The van der Waals surface area contributed by atoms with Crippen LogP contribution in [0.1, 0.15) is 5.56 Å². The van der Waals surface area contributed by atoms with Crippen molar-refractivity contribution in [2.45, 2.75) is 6.42 Å². The Morgan fingerprint density at radius 2 is 1.86 bits per heavy atom. The fourth-order valence-corrected chi connectivity index (χ4v) is 2.26. The molecule has 0 unspecified atom stereocenters. The Hall–Kier alpha value is -2.17. The van der Waals surface area contributed by atoms with Crippen LogP contribution in [0.2, 0.25) is 5.02 Å². The summed E-state index contributed by atoms with van der Waals surface area (Å²) >= 11 is 5.97. The molecule has 3 aromatic rings. The first kappa shape index (κ1) is 13.8. The topological polar surface area (TPSA) is 64.9 Å². The van der Waals surface area contributed by atoms with E-state index >= 15 is 0 Å². The van der Waals surface area contributed by atoms with Crippen LogP contribution in [0, 0.1) is 0 Å². The molecule has 0 saturated heterocycles. The van der Waals surface area contributed by atoms with E-state index in [-0.39, 0.29) is 0 Å². The molecule has 0 spiro atoms. The van der Waals surface area contributed by atoms with Crippen LogP contribution in [0.15, 0.2) is 53.1 Å². The van der Waals surface area contributed by atoms with Gasteiger partial charge in [-0.3, -0.25) is 0 Å². The van der Waals surface area contributed by atoms with Gasteiger partial charge in [-0.25, -0.2) is 0 Å². The molecule has 0 atom stereocenters. The Balaban J connectivity index is 1.87. The highest BCUT2D eigenvalue weighted by molar-refractivity contribution is 6.30. The molecule has 0 saturated carbocycles. The van der Waals surface area contributed by atoms with E-state index < -0.39 is 0 Å². The molecule has 3 rings (SSSR count). The maximum atomic E-state index is 5.97. The summed E-state index contributed by atoms with van der Waals surface area (Å²) in [5.74, 6) is 1.02. The fraction of sp³-hybridized carbons (Fsp3) is 0.125. The first-order valence-electron chi connectivity index (χ1n) is 6.65. The Kier molecular flexibility index (Phi) is 3.99. The van der Waals surface area contributed by atoms with Gasteiger partial charge in [0.15, 0.2) is 0 Å². The minimum absolute atomic E-state index is 0.490. The largest absolute Gasteiger partial charge is 0.334 e. The summed E-state index contributed by atoms with van der Waals surface area (Å²) in [4.78, 5) is 4.41. The van der Waals surface area contributed by atoms with E-state index in [0.717, 1.165) is 17.5 Å². The number of halogens is 1. The van der Waals surface area contributed by atoms with Crippen LogP contribution >= 0.6 is 11.6 Å². The highest BCUT2D eigenvalue weighted by Gasteiger charge is 2.10. The lowest BCUT2D eigenvalue weighted by molar-refractivity contribution is 0.432. The lowest BCUT2D eigenvalue weighted by Gasteiger charge is -1.99. The van der Waals surface area contributed by atoms with E-state index in [9.17, 15) is 0 Å². The maximum absolute atomic E-state index is 5.97. The second kappa shape index (κ2) is 6.08. The van der Waals surface area contributed by atoms with Crippen LogP contribution in [0.4, 0.5) is 0 Å². The molecule has 0 aliphatic heterocycles. The Labute approximate surface area is 127 Å². The first-order valence-corrected chi connectivity index (χ1v) is 7.03. The summed E-state index contributed by atoms with van der Waals surface area (Å²) in [6, 6.07) is 15.3. The zero-order chi connectivity index (χ0) is 14.7. The van der Waals surface area contributed by atoms with Gasteiger partial charge in [-0.2, -0.15) is 4.98 Å². The van der Waals surface area contributed by atoms with Crippen molar-refractivity contribution in [1.29, 1.82) is 0 Å². The van der Waals surface area contributed by atoms with Crippen LogP contribution in [0.3, 0.4) is 0 Å². The minimum atomic E-state index is 0.490. The van der Waals surface area contributed by atoms with Crippen LogP contribution < -0.4 is 5.73 Å². The molecule has 0 aliphatic carbocycles. The standard InChI is InChI=1S/C16H14ClN3O/c17-14-3-1-2-13(10-14)15-19-16(21-20-15)12-6-4-11(5-7-12)8-9-18/h1-7,10H,8-9,18H2. The van der Waals surface area contributed by atoms with Crippen molar-refractivity contribution in [1.82, 2.24) is 10.1 Å². The third-order valence-corrected chi connectivity index (χ3v) is 3.38. The number of rotatable bonds is 4. The molecule has 2 aromatic carbocycles. The van der Waals surface area contributed by atoms with Gasteiger partial charge in [-0.05, 0) is 42.8 Å². The van der Waals surface area contributed by atoms with Gasteiger partial charge in [0.25, 0.3) is 5.89 Å². The number of nitrogens with zero attached hydrogens (tertiary/aromatic N) is 2. The summed E-state index contributed by atoms with van der Waals surface area (Å²) in [7, 11) is 0. The third kappa shape index (κ3) is 3.12. The Morgan fingerprint density at radius 3 is 2.57 bits per heavy atom. The van der Waals surface area contributed by atoms with E-state index in [2.05, 4.69) is 10.1 Å². The molecule has 0 bridgehead atoms. The molecule has 4 nitrogen and oxygen atoms in total. The number of nitrogens with two attached hydrogens (primary N) is 1. The van der Waals surface area contributed by atoms with Crippen LogP contribution in [-0.2, 0) is 6.42 Å². The molecule has 0 fully saturated rings. The van der Waals surface area contributed by atoms with Gasteiger partial charge in [-0.1, -0.05) is 41.0 Å². The molecule has 2 N–H and O–H groups in total. The lowest BCUT2D eigenvalue weighted by atomic mass is 10.1. The monoisotopic (exact) mass is 299 g/mol. The average molecular weight is 300 g/mol. The molecule has 0 amide bonds. The highest BCUT2D eigenvalue weighted by atomic mass is 35.5. The molecule has 0 radical (unpaired) electrons. The van der Waals surface area contributed by atoms with Crippen molar-refractivity contribution < 1.29 is 4.52 Å². The quantitative estimate of drug-likeness (QED) is 0.800. The van der Waals surface area contributed by atoms with Crippen molar-refractivity contribution in [3.8, 4) is 22.8 Å². The Morgan fingerprint density at radius 1 is 1.05 bits per heavy atom. The fourth-order valence-electron chi connectivity index (χ4n) is 2.07. The second-order valence-electron chi connectivity index (χ2n) is 4.67. The van der Waals surface area contributed by atoms with Gasteiger partial charge in [0, 0.05) is 16.1 Å². The number of hydrogen-bond acceptors (Lipinski definition) is 4. The van der Waals surface area contributed by atoms with E-state index in [4.69, 9.17) is 21.9 Å². The van der Waals surface area contributed by atoms with Gasteiger partial charge in [0.05, 0.1) is 0 Å². The molecule has 1 aromatic heterocycles. The Bertz CT molecular complexity index is 737. The molecular formula is C16H14ClN3O. The smallest absolute Gasteiger partial charge is 0.258 e. The van der Waals surface area contributed by atoms with Crippen molar-refractivity contribution in [2.24, 2.45) is 5.73 Å². The average Bonchev–Trinajstić information content (AvgIpc) is 2.98. The summed E-state index contributed by atoms with van der Waals surface area (Å²) < 4.78 is 5.32. The molecule has 1 heterocycles. The second-order valence-corrected chi connectivity index (χ2v) is 5.11. The predicted octanol–water partition coefficient (Wildman–Crippen LogP) is 3.56. The van der Waals surface area contributed by atoms with E-state index in [1.807, 2.05) is 42.5 Å². The number of benzene rings is 2. The zero-order valence-electron chi connectivity index (χ0n) is 11.3. The molecular weight excluding hydrogens is 286 g/mol. The first-order chi connectivity index (χ1) is 10.3. The van der Waals surface area contributed by atoms with Gasteiger partial charge in [0.2, 0.25) is 5.82 Å². The van der Waals surface area contributed by atoms with Crippen LogP contribution in [-0.4, -0.2) is 16.7 Å². The molecule has 106 valence electrons. The SMILES string of the molecule is NCCc1ccc(-c2nc(-c3cccc(Cl)c3)no2)cc1. The summed E-state index contributed by atoms with van der Waals surface area (Å²) in [5.41, 5.74) is 8.45.